The van der Waals surface area contributed by atoms with Crippen LogP contribution >= 0.6 is 12.2 Å². The average Bonchev–Trinajstić information content (AvgIpc) is 1.83. The van der Waals surface area contributed by atoms with E-state index in [4.69, 9.17) is 12.2 Å². The lowest BCUT2D eigenvalue weighted by atomic mass is 10.5. The number of amides is 2. The van der Waals surface area contributed by atoms with E-state index in [-0.39, 0.29) is 9.70 Å². The van der Waals surface area contributed by atoms with Gasteiger partial charge in [0.15, 0.2) is 0 Å². The molecule has 1 saturated heterocycles. The summed E-state index contributed by atoms with van der Waals surface area (Å²) in [5.74, 6) is -1.36. The van der Waals surface area contributed by atoms with Crippen molar-refractivity contribution >= 4 is 29.1 Å². The minimum absolute atomic E-state index is 0.0138. The van der Waals surface area contributed by atoms with Crippen molar-refractivity contribution in [2.45, 2.75) is 0 Å². The first-order valence-electron chi connectivity index (χ1n) is 2.95. The molecule has 1 rings (SSSR count). The third-order valence-corrected chi connectivity index (χ3v) is 1.87. The molecule has 0 radical (unpaired) electrons. The molecule has 0 atom stereocenters. The fourth-order valence-corrected chi connectivity index (χ4v) is 0.787. The molecular weight excluding hydrogens is 166 g/mol. The number of carbonyl (C=O) groups excluding carboxylic acids is 2. The lowest BCUT2D eigenvalue weighted by Gasteiger charge is -2.31. The monoisotopic (exact) mass is 174 g/mol. The maximum Gasteiger partial charge on any atom is 0.354 e. The number of quaternary nitrogens is 1. The van der Waals surface area contributed by atoms with E-state index in [2.05, 4.69) is 10.7 Å². The van der Waals surface area contributed by atoms with Crippen LogP contribution in [-0.4, -0.2) is 35.6 Å². The summed E-state index contributed by atoms with van der Waals surface area (Å²) in [6.07, 6.45) is 0. The zero-order chi connectivity index (χ0) is 8.65. The predicted molar refractivity (Wildman–Crippen MR) is 41.0 cm³/mol. The molecule has 0 saturated carbocycles. The summed E-state index contributed by atoms with van der Waals surface area (Å²) in [5.41, 5.74) is 2.40. The van der Waals surface area contributed by atoms with Gasteiger partial charge >= 0.3 is 16.9 Å². The molecule has 1 aliphatic rings. The van der Waals surface area contributed by atoms with Gasteiger partial charge in [0.2, 0.25) is 0 Å². The third-order valence-electron chi connectivity index (χ3n) is 1.32. The van der Waals surface area contributed by atoms with Crippen molar-refractivity contribution in [3.05, 3.63) is 0 Å². The van der Waals surface area contributed by atoms with Crippen LogP contribution in [0.15, 0.2) is 0 Å². The number of rotatable bonds is 0. The van der Waals surface area contributed by atoms with Gasteiger partial charge in [0.05, 0.1) is 14.1 Å². The van der Waals surface area contributed by atoms with Crippen LogP contribution in [0.5, 0.6) is 0 Å². The predicted octanol–water partition coefficient (Wildman–Crippen LogP) is -1.49. The number of nitrogens with zero attached hydrogens (tertiary/aromatic N) is 1. The van der Waals surface area contributed by atoms with Crippen LogP contribution in [0.4, 0.5) is 0 Å². The third kappa shape index (κ3) is 1.36. The van der Waals surface area contributed by atoms with E-state index >= 15 is 0 Å². The Balaban J connectivity index is 2.87. The summed E-state index contributed by atoms with van der Waals surface area (Å²) >= 11 is 4.80. The van der Waals surface area contributed by atoms with Gasteiger partial charge in [-0.1, -0.05) is 0 Å². The van der Waals surface area contributed by atoms with E-state index < -0.39 is 11.8 Å². The summed E-state index contributed by atoms with van der Waals surface area (Å²) in [4.78, 5) is 21.4. The summed E-state index contributed by atoms with van der Waals surface area (Å²) in [5, 5.41) is 2.56. The molecule has 1 heterocycles. The number of hydrogen-bond acceptors (Lipinski definition) is 3. The van der Waals surface area contributed by atoms with Gasteiger partial charge in [-0.2, -0.15) is 10.0 Å². The molecule has 0 aromatic carbocycles. The first-order chi connectivity index (χ1) is 4.93. The molecule has 1 fully saturated rings. The van der Waals surface area contributed by atoms with Gasteiger partial charge in [0.1, 0.15) is 0 Å². The molecule has 0 aromatic heterocycles. The van der Waals surface area contributed by atoms with Gasteiger partial charge in [-0.15, -0.1) is 0 Å². The van der Waals surface area contributed by atoms with E-state index in [9.17, 15) is 9.59 Å². The van der Waals surface area contributed by atoms with E-state index in [0.29, 0.717) is 0 Å². The van der Waals surface area contributed by atoms with Crippen LogP contribution in [0.25, 0.3) is 0 Å². The largest absolute Gasteiger partial charge is 0.354 e. The molecular formula is C5H8N3O2S+. The van der Waals surface area contributed by atoms with Crippen molar-refractivity contribution in [2.75, 3.05) is 14.1 Å². The van der Waals surface area contributed by atoms with E-state index in [1.54, 1.807) is 14.1 Å². The highest BCUT2D eigenvalue weighted by molar-refractivity contribution is 7.80. The van der Waals surface area contributed by atoms with Crippen molar-refractivity contribution in [1.82, 2.24) is 10.7 Å². The fourth-order valence-electron chi connectivity index (χ4n) is 0.649. The fraction of sp³-hybridized carbons (Fsp3) is 0.400. The maximum atomic E-state index is 10.8. The Kier molecular flexibility index (Phi) is 1.65. The van der Waals surface area contributed by atoms with Crippen molar-refractivity contribution in [2.24, 2.45) is 0 Å². The second-order valence-corrected chi connectivity index (χ2v) is 3.04. The van der Waals surface area contributed by atoms with Crippen molar-refractivity contribution in [3.8, 4) is 0 Å². The molecule has 2 N–H and O–H groups in total. The Morgan fingerprint density at radius 1 is 1.27 bits per heavy atom. The lowest BCUT2D eigenvalue weighted by Crippen LogP contribution is -2.69. The first kappa shape index (κ1) is 8.09. The minimum atomic E-state index is -0.701. The molecule has 5 nitrogen and oxygen atoms in total. The molecule has 0 unspecified atom stereocenters. The molecule has 0 aromatic rings. The van der Waals surface area contributed by atoms with Gasteiger partial charge in [-0.25, -0.2) is 0 Å². The normalized spacial score (nSPS) is 22.5. The Hall–Kier alpha value is -1.01. The minimum Gasteiger partial charge on any atom is -0.263 e. The van der Waals surface area contributed by atoms with Gasteiger partial charge in [0, 0.05) is 12.2 Å². The summed E-state index contributed by atoms with van der Waals surface area (Å²) < 4.78 is 0.0138. The molecule has 6 heteroatoms. The van der Waals surface area contributed by atoms with Crippen molar-refractivity contribution < 1.29 is 14.2 Å². The van der Waals surface area contributed by atoms with Gasteiger partial charge < -0.3 is 0 Å². The molecule has 11 heavy (non-hydrogen) atoms. The number of carbonyl (C=O) groups is 2. The molecule has 0 aliphatic carbocycles. The molecule has 0 bridgehead atoms. The van der Waals surface area contributed by atoms with Crippen LogP contribution in [0.2, 0.25) is 0 Å². The van der Waals surface area contributed by atoms with Crippen molar-refractivity contribution in [3.63, 3.8) is 0 Å². The van der Waals surface area contributed by atoms with Crippen LogP contribution < -0.4 is 10.7 Å². The quantitative estimate of drug-likeness (QED) is 0.267. The van der Waals surface area contributed by atoms with Crippen LogP contribution in [0, 0.1) is 0 Å². The SMILES string of the molecule is C[N+]1(C)NC(=O)C(=O)NC1=S. The maximum absolute atomic E-state index is 10.8. The zero-order valence-corrected chi connectivity index (χ0v) is 6.99. The molecule has 60 valence electrons. The summed E-state index contributed by atoms with van der Waals surface area (Å²) in [7, 11) is 3.33. The summed E-state index contributed by atoms with van der Waals surface area (Å²) in [6.45, 7) is 0. The first-order valence-corrected chi connectivity index (χ1v) is 3.36. The Labute approximate surface area is 68.9 Å². The van der Waals surface area contributed by atoms with Crippen LogP contribution in [-0.2, 0) is 9.59 Å². The smallest absolute Gasteiger partial charge is 0.263 e. The second kappa shape index (κ2) is 2.24. The van der Waals surface area contributed by atoms with Gasteiger partial charge in [-0.05, 0) is 0 Å². The molecule has 2 amide bonds. The number of thiocarbonyl (C=S) groups is 1. The Bertz CT molecular complexity index is 248. The zero-order valence-electron chi connectivity index (χ0n) is 6.17. The lowest BCUT2D eigenvalue weighted by molar-refractivity contribution is -0.837. The molecule has 0 spiro atoms. The Morgan fingerprint density at radius 2 is 1.82 bits per heavy atom. The van der Waals surface area contributed by atoms with E-state index in [0.717, 1.165) is 0 Å². The highest BCUT2D eigenvalue weighted by atomic mass is 32.1. The number of hydrogen-bond donors (Lipinski definition) is 2. The average molecular weight is 174 g/mol. The van der Waals surface area contributed by atoms with E-state index in [1.165, 1.54) is 0 Å². The van der Waals surface area contributed by atoms with Crippen molar-refractivity contribution in [1.29, 1.82) is 0 Å². The summed E-state index contributed by atoms with van der Waals surface area (Å²) in [6, 6.07) is 0. The number of nitrogens with one attached hydrogen (secondary N) is 2. The standard InChI is InChI=1S/C5H7N3O2S/c1-8(2)5(11)6-3(9)4(10)7-8/h1-2H3,(H-,6,7,9,10,11)/p+1. The van der Waals surface area contributed by atoms with E-state index in [1.807, 2.05) is 0 Å². The van der Waals surface area contributed by atoms with Crippen LogP contribution in [0.3, 0.4) is 0 Å². The second-order valence-electron chi connectivity index (χ2n) is 2.65. The van der Waals surface area contributed by atoms with Crippen LogP contribution in [0.1, 0.15) is 0 Å². The highest BCUT2D eigenvalue weighted by Crippen LogP contribution is 1.97. The molecule has 1 aliphatic heterocycles. The topological polar surface area (TPSA) is 58.2 Å². The Morgan fingerprint density at radius 3 is 2.27 bits per heavy atom. The van der Waals surface area contributed by atoms with Gasteiger partial charge in [-0.3, -0.25) is 14.9 Å². The van der Waals surface area contributed by atoms with Gasteiger partial charge in [0.25, 0.3) is 0 Å². The highest BCUT2D eigenvalue weighted by Gasteiger charge is 2.36.